The number of hydrogen-bond donors (Lipinski definition) is 0. The predicted octanol–water partition coefficient (Wildman–Crippen LogP) is 5.24. The zero-order chi connectivity index (χ0) is 16.7. The van der Waals surface area contributed by atoms with E-state index >= 15 is 0 Å². The third kappa shape index (κ3) is 2.85. The second-order valence-corrected chi connectivity index (χ2v) is 7.81. The molecule has 1 aliphatic carbocycles. The summed E-state index contributed by atoms with van der Waals surface area (Å²) in [4.78, 5) is 17.7. The van der Waals surface area contributed by atoms with E-state index in [1.54, 1.807) is 11.8 Å². The summed E-state index contributed by atoms with van der Waals surface area (Å²) in [7, 11) is 0. The van der Waals surface area contributed by atoms with Crippen LogP contribution in [0.15, 0.2) is 58.5 Å². The van der Waals surface area contributed by atoms with Crippen molar-refractivity contribution in [1.29, 1.82) is 0 Å². The third-order valence-electron chi connectivity index (χ3n) is 4.31. The molecule has 0 saturated heterocycles. The van der Waals surface area contributed by atoms with E-state index in [-0.39, 0.29) is 16.9 Å². The van der Waals surface area contributed by atoms with Gasteiger partial charge >= 0.3 is 0 Å². The number of thioether (sulfide) groups is 1. The van der Waals surface area contributed by atoms with Gasteiger partial charge in [0.2, 0.25) is 0 Å². The first kappa shape index (κ1) is 15.7. The van der Waals surface area contributed by atoms with Crippen molar-refractivity contribution in [2.75, 3.05) is 0 Å². The van der Waals surface area contributed by atoms with Crippen LogP contribution in [0.25, 0.3) is 10.9 Å². The Balaban J connectivity index is 1.80. The molecule has 3 nitrogen and oxygen atoms in total. The number of benzene rings is 2. The Labute approximate surface area is 149 Å². The number of aromatic nitrogens is 2. The van der Waals surface area contributed by atoms with Crippen molar-refractivity contribution in [3.63, 3.8) is 0 Å². The van der Waals surface area contributed by atoms with Crippen molar-refractivity contribution in [1.82, 2.24) is 9.55 Å². The molecule has 122 valence electrons. The highest BCUT2D eigenvalue weighted by molar-refractivity contribution is 7.99. The van der Waals surface area contributed by atoms with E-state index in [9.17, 15) is 4.79 Å². The first-order valence-corrected chi connectivity index (χ1v) is 9.33. The molecule has 4 rings (SSSR count). The van der Waals surface area contributed by atoms with Crippen LogP contribution in [0.1, 0.15) is 36.6 Å². The van der Waals surface area contributed by atoms with Crippen LogP contribution in [0.4, 0.5) is 0 Å². The topological polar surface area (TPSA) is 34.9 Å². The Morgan fingerprint density at radius 2 is 1.88 bits per heavy atom. The largest absolute Gasteiger partial charge is 0.284 e. The second kappa shape index (κ2) is 6.26. The van der Waals surface area contributed by atoms with Gasteiger partial charge in [-0.05, 0) is 43.5 Å². The van der Waals surface area contributed by atoms with E-state index in [0.717, 1.165) is 34.1 Å². The Bertz CT molecular complexity index is 965. The minimum absolute atomic E-state index is 0.0666. The minimum Gasteiger partial charge on any atom is -0.284 e. The van der Waals surface area contributed by atoms with Crippen LogP contribution >= 0.6 is 23.4 Å². The van der Waals surface area contributed by atoms with E-state index in [1.165, 1.54) is 0 Å². The van der Waals surface area contributed by atoms with Crippen molar-refractivity contribution in [3.05, 3.63) is 69.5 Å². The van der Waals surface area contributed by atoms with Crippen LogP contribution in [-0.2, 0) is 0 Å². The molecular formula is C19H17ClN2OS. The first-order valence-electron chi connectivity index (χ1n) is 8.07. The van der Waals surface area contributed by atoms with Gasteiger partial charge in [-0.15, -0.1) is 0 Å². The van der Waals surface area contributed by atoms with Gasteiger partial charge in [-0.3, -0.25) is 9.36 Å². The summed E-state index contributed by atoms with van der Waals surface area (Å²) in [5, 5.41) is 2.35. The van der Waals surface area contributed by atoms with Gasteiger partial charge in [-0.1, -0.05) is 53.7 Å². The molecule has 0 bridgehead atoms. The molecule has 2 aromatic carbocycles. The maximum Gasteiger partial charge on any atom is 0.262 e. The first-order chi connectivity index (χ1) is 11.6. The van der Waals surface area contributed by atoms with Crippen molar-refractivity contribution in [2.24, 2.45) is 0 Å². The molecule has 0 radical (unpaired) electrons. The van der Waals surface area contributed by atoms with Crippen LogP contribution in [0.2, 0.25) is 5.02 Å². The van der Waals surface area contributed by atoms with Crippen LogP contribution in [-0.4, -0.2) is 9.55 Å². The van der Waals surface area contributed by atoms with Crippen molar-refractivity contribution in [3.8, 4) is 0 Å². The molecule has 1 atom stereocenters. The van der Waals surface area contributed by atoms with E-state index in [0.29, 0.717) is 5.39 Å². The smallest absolute Gasteiger partial charge is 0.262 e. The van der Waals surface area contributed by atoms with Crippen LogP contribution in [0.5, 0.6) is 0 Å². The van der Waals surface area contributed by atoms with Gasteiger partial charge in [0, 0.05) is 16.3 Å². The molecule has 1 aromatic heterocycles. The Kier molecular flexibility index (Phi) is 4.10. The maximum atomic E-state index is 12.9. The molecule has 1 saturated carbocycles. The molecular weight excluding hydrogens is 340 g/mol. The van der Waals surface area contributed by atoms with Gasteiger partial charge in [0.25, 0.3) is 5.56 Å². The van der Waals surface area contributed by atoms with Gasteiger partial charge in [-0.2, -0.15) is 0 Å². The maximum absolute atomic E-state index is 12.9. The fourth-order valence-corrected chi connectivity index (χ4v) is 4.40. The number of para-hydroxylation sites is 1. The zero-order valence-electron chi connectivity index (χ0n) is 13.3. The van der Waals surface area contributed by atoms with Gasteiger partial charge < -0.3 is 0 Å². The molecule has 1 fully saturated rings. The molecule has 3 aromatic rings. The normalized spacial score (nSPS) is 15.6. The van der Waals surface area contributed by atoms with Gasteiger partial charge in [0.05, 0.1) is 10.9 Å². The van der Waals surface area contributed by atoms with E-state index in [2.05, 4.69) is 6.92 Å². The molecule has 0 N–H and O–H groups in total. The van der Waals surface area contributed by atoms with Crippen LogP contribution in [0.3, 0.4) is 0 Å². The molecule has 1 heterocycles. The minimum atomic E-state index is 0.0666. The standard InChI is InChI=1S/C19H17ClN2OS/c1-12(14-6-2-4-8-16(14)20)24-19-21-17-9-5-3-7-15(17)18(23)22(19)13-10-11-13/h2-9,12-13H,10-11H2,1H3/t12-/m1/s1. The number of halogens is 1. The van der Waals surface area contributed by atoms with E-state index < -0.39 is 0 Å². The van der Waals surface area contributed by atoms with Crippen molar-refractivity contribution < 1.29 is 0 Å². The fraction of sp³-hybridized carbons (Fsp3) is 0.263. The molecule has 0 amide bonds. The highest BCUT2D eigenvalue weighted by Gasteiger charge is 2.29. The Morgan fingerprint density at radius 3 is 2.62 bits per heavy atom. The predicted molar refractivity (Wildman–Crippen MR) is 100.0 cm³/mol. The summed E-state index contributed by atoms with van der Waals surface area (Å²) in [6.45, 7) is 2.10. The zero-order valence-corrected chi connectivity index (χ0v) is 14.8. The number of hydrogen-bond acceptors (Lipinski definition) is 3. The van der Waals surface area contributed by atoms with Gasteiger partial charge in [0.1, 0.15) is 0 Å². The number of fused-ring (bicyclic) bond motifs is 1. The summed E-state index contributed by atoms with van der Waals surface area (Å²) in [6.07, 6.45) is 2.10. The average molecular weight is 357 g/mol. The summed E-state index contributed by atoms with van der Waals surface area (Å²) < 4.78 is 1.88. The van der Waals surface area contributed by atoms with Gasteiger partial charge in [0.15, 0.2) is 5.16 Å². The second-order valence-electron chi connectivity index (χ2n) is 6.10. The molecule has 1 aliphatic rings. The average Bonchev–Trinajstić information content (AvgIpc) is 3.40. The van der Waals surface area contributed by atoms with Crippen LogP contribution < -0.4 is 5.56 Å². The Morgan fingerprint density at radius 1 is 1.17 bits per heavy atom. The monoisotopic (exact) mass is 356 g/mol. The summed E-state index contributed by atoms with van der Waals surface area (Å²) >= 11 is 7.93. The Hall–Kier alpha value is -1.78. The lowest BCUT2D eigenvalue weighted by Crippen LogP contribution is -2.22. The van der Waals surface area contributed by atoms with Crippen LogP contribution in [0, 0.1) is 0 Å². The molecule has 0 spiro atoms. The lowest BCUT2D eigenvalue weighted by molar-refractivity contribution is 0.617. The van der Waals surface area contributed by atoms with Gasteiger partial charge in [-0.25, -0.2) is 4.98 Å². The van der Waals surface area contributed by atoms with Crippen molar-refractivity contribution >= 4 is 34.3 Å². The summed E-state index contributed by atoms with van der Waals surface area (Å²) in [5.41, 5.74) is 1.89. The summed E-state index contributed by atoms with van der Waals surface area (Å²) in [5.74, 6) is 0. The summed E-state index contributed by atoms with van der Waals surface area (Å²) in [6, 6.07) is 15.7. The quantitative estimate of drug-likeness (QED) is 0.473. The van der Waals surface area contributed by atoms with Crippen molar-refractivity contribution in [2.45, 2.75) is 36.2 Å². The molecule has 0 aliphatic heterocycles. The SMILES string of the molecule is C[C@@H](Sc1nc2ccccc2c(=O)n1C1CC1)c1ccccc1Cl. The highest BCUT2D eigenvalue weighted by atomic mass is 35.5. The third-order valence-corrected chi connectivity index (χ3v) is 5.76. The molecule has 24 heavy (non-hydrogen) atoms. The number of rotatable bonds is 4. The lowest BCUT2D eigenvalue weighted by Gasteiger charge is -2.17. The highest BCUT2D eigenvalue weighted by Crippen LogP contribution is 2.41. The van der Waals surface area contributed by atoms with E-state index in [1.807, 2.05) is 53.1 Å². The molecule has 5 heteroatoms. The molecule has 0 unspecified atom stereocenters. The van der Waals surface area contributed by atoms with E-state index in [4.69, 9.17) is 16.6 Å². The fourth-order valence-electron chi connectivity index (χ4n) is 2.89. The number of nitrogens with zero attached hydrogens (tertiary/aromatic N) is 2. The lowest BCUT2D eigenvalue weighted by atomic mass is 10.2.